The van der Waals surface area contributed by atoms with Gasteiger partial charge in [-0.3, -0.25) is 9.97 Å². The molecule has 0 radical (unpaired) electrons. The molecule has 394 valence electrons. The van der Waals surface area contributed by atoms with Crippen LogP contribution in [0.15, 0.2) is 296 Å². The first-order valence-electron chi connectivity index (χ1n) is 28.8. The first kappa shape index (κ1) is 48.3. The molecule has 0 aliphatic heterocycles. The molecule has 0 unspecified atom stereocenters. The molecular formula is C80H48N4O. The van der Waals surface area contributed by atoms with Gasteiger partial charge in [-0.15, -0.1) is 0 Å². The van der Waals surface area contributed by atoms with Crippen LogP contribution in [0.3, 0.4) is 0 Å². The highest BCUT2D eigenvalue weighted by molar-refractivity contribution is 6.26. The molecule has 5 heteroatoms. The molecule has 0 atom stereocenters. The Morgan fingerprint density at radius 3 is 0.812 bits per heavy atom. The Balaban J connectivity index is 0.741. The van der Waals surface area contributed by atoms with Gasteiger partial charge >= 0.3 is 0 Å². The van der Waals surface area contributed by atoms with Gasteiger partial charge in [0.05, 0.1) is 45.8 Å². The molecule has 0 saturated heterocycles. The summed E-state index contributed by atoms with van der Waals surface area (Å²) in [5.74, 6) is 0. The number of furan rings is 1. The molecule has 0 aliphatic rings. The zero-order valence-corrected chi connectivity index (χ0v) is 45.9. The number of nitrogens with zero attached hydrogens (tertiary/aromatic N) is 4. The summed E-state index contributed by atoms with van der Waals surface area (Å²) < 4.78 is 6.53. The maximum absolute atomic E-state index is 6.53. The summed E-state index contributed by atoms with van der Waals surface area (Å²) in [4.78, 5) is 21.6. The lowest BCUT2D eigenvalue weighted by Crippen LogP contribution is -1.93. The van der Waals surface area contributed by atoms with E-state index in [4.69, 9.17) is 24.4 Å². The van der Waals surface area contributed by atoms with Crippen molar-refractivity contribution in [2.45, 2.75) is 0 Å². The lowest BCUT2D eigenvalue weighted by Gasteiger charge is -2.14. The fourth-order valence-electron chi connectivity index (χ4n) is 12.8. The van der Waals surface area contributed by atoms with E-state index in [2.05, 4.69) is 279 Å². The fraction of sp³-hybridized carbons (Fsp3) is 0. The number of rotatable bonds is 8. The van der Waals surface area contributed by atoms with Crippen molar-refractivity contribution in [3.8, 4) is 89.3 Å². The van der Waals surface area contributed by atoms with Gasteiger partial charge in [-0.05, 0) is 149 Å². The van der Waals surface area contributed by atoms with Gasteiger partial charge in [-0.1, -0.05) is 218 Å². The van der Waals surface area contributed by atoms with E-state index in [1.807, 2.05) is 12.4 Å². The smallest absolute Gasteiger partial charge is 0.135 e. The van der Waals surface area contributed by atoms with Crippen LogP contribution in [-0.4, -0.2) is 19.9 Å². The standard InChI is InChI=1S/C80H48N4O/c1-5-15-49(16-6-1)55-27-33-63-65-35-29-57(51-19-9-3-10-20-51)45-71(65)79-77(69(63)43-55)81-47-73(83-79)61-25-13-23-53(39-61)59-31-37-75-67(41-59)68-42-60(32-38-76(68)85-75)54-24-14-26-62(40-54)74-48-82-78-70-44-56(50-17-7-2-8-18-50)28-34-64(70)66-36-30-58(46-72(66)80(78)84-74)52-21-11-4-12-22-52/h1-48H. The quantitative estimate of drug-likeness (QED) is 0.142. The van der Waals surface area contributed by atoms with E-state index in [1.54, 1.807) is 0 Å². The third kappa shape index (κ3) is 8.32. The van der Waals surface area contributed by atoms with E-state index >= 15 is 0 Å². The van der Waals surface area contributed by atoms with Crippen LogP contribution in [0.2, 0.25) is 0 Å². The minimum Gasteiger partial charge on any atom is -0.456 e. The van der Waals surface area contributed by atoms with Crippen molar-refractivity contribution in [3.63, 3.8) is 0 Å². The molecule has 0 fully saturated rings. The number of benzene rings is 14. The largest absolute Gasteiger partial charge is 0.456 e. The Hall–Kier alpha value is -11.4. The monoisotopic (exact) mass is 1080 g/mol. The number of aromatic nitrogens is 4. The molecule has 17 rings (SSSR count). The number of hydrogen-bond donors (Lipinski definition) is 0. The SMILES string of the molecule is c1ccc(-c2ccc3c4ccc(-c5ccccc5)cc4c4nc(-c5cccc(-c6ccc7oc8ccc(-c9cccc(-c%10cnc%11c%12cc(-c%13ccccc%13)ccc%12c%12ccc(-c%13ccccc%13)cc%12c%11n%10)c9)cc8c7c6)c5)cnc4c3c2)cc1. The van der Waals surface area contributed by atoms with Crippen molar-refractivity contribution in [2.75, 3.05) is 0 Å². The van der Waals surface area contributed by atoms with Crippen molar-refractivity contribution in [1.82, 2.24) is 19.9 Å². The first-order chi connectivity index (χ1) is 42.1. The van der Waals surface area contributed by atoms with Gasteiger partial charge in [0, 0.05) is 43.4 Å². The normalized spacial score (nSPS) is 11.8. The maximum Gasteiger partial charge on any atom is 0.135 e. The molecule has 0 N–H and O–H groups in total. The van der Waals surface area contributed by atoms with Crippen LogP contribution in [0, 0.1) is 0 Å². The Morgan fingerprint density at radius 1 is 0.188 bits per heavy atom. The van der Waals surface area contributed by atoms with Gasteiger partial charge in [-0.25, -0.2) is 9.97 Å². The summed E-state index contributed by atoms with van der Waals surface area (Å²) in [6, 6.07) is 99.5. The predicted molar refractivity (Wildman–Crippen MR) is 353 cm³/mol. The van der Waals surface area contributed by atoms with Crippen LogP contribution in [-0.2, 0) is 0 Å². The maximum atomic E-state index is 6.53. The average Bonchev–Trinajstić information content (AvgIpc) is 4.19. The summed E-state index contributed by atoms with van der Waals surface area (Å²) >= 11 is 0. The van der Waals surface area contributed by atoms with Crippen molar-refractivity contribution in [1.29, 1.82) is 0 Å². The molecule has 0 amide bonds. The zero-order chi connectivity index (χ0) is 56.0. The van der Waals surface area contributed by atoms with E-state index in [-0.39, 0.29) is 0 Å². The summed E-state index contributed by atoms with van der Waals surface area (Å²) in [6.45, 7) is 0. The van der Waals surface area contributed by atoms with E-state index in [9.17, 15) is 0 Å². The average molecular weight is 1080 g/mol. The summed E-state index contributed by atoms with van der Waals surface area (Å²) in [5.41, 5.74) is 22.3. The fourth-order valence-corrected chi connectivity index (χ4v) is 12.8. The highest BCUT2D eigenvalue weighted by Gasteiger charge is 2.19. The summed E-state index contributed by atoms with van der Waals surface area (Å²) in [5, 5.41) is 11.0. The van der Waals surface area contributed by atoms with Crippen molar-refractivity contribution in [3.05, 3.63) is 291 Å². The van der Waals surface area contributed by atoms with Gasteiger partial charge in [0.15, 0.2) is 0 Å². The summed E-state index contributed by atoms with van der Waals surface area (Å²) in [6.07, 6.45) is 3.87. The topological polar surface area (TPSA) is 64.7 Å². The molecule has 5 nitrogen and oxygen atoms in total. The molecular weight excluding hydrogens is 1030 g/mol. The third-order valence-corrected chi connectivity index (χ3v) is 17.1. The van der Waals surface area contributed by atoms with Crippen LogP contribution in [0.25, 0.3) is 176 Å². The summed E-state index contributed by atoms with van der Waals surface area (Å²) in [7, 11) is 0. The highest BCUT2D eigenvalue weighted by atomic mass is 16.3. The van der Waals surface area contributed by atoms with Gasteiger partial charge in [0.1, 0.15) is 11.2 Å². The van der Waals surface area contributed by atoms with Crippen molar-refractivity contribution >= 4 is 87.1 Å². The van der Waals surface area contributed by atoms with Crippen molar-refractivity contribution < 1.29 is 4.42 Å². The Morgan fingerprint density at radius 2 is 0.459 bits per heavy atom. The van der Waals surface area contributed by atoms with Crippen LogP contribution in [0.5, 0.6) is 0 Å². The lowest BCUT2D eigenvalue weighted by atomic mass is 9.93. The molecule has 0 spiro atoms. The highest BCUT2D eigenvalue weighted by Crippen LogP contribution is 2.42. The molecule has 0 saturated carbocycles. The molecule has 0 aliphatic carbocycles. The van der Waals surface area contributed by atoms with Crippen molar-refractivity contribution in [2.24, 2.45) is 0 Å². The third-order valence-electron chi connectivity index (χ3n) is 17.1. The van der Waals surface area contributed by atoms with Crippen LogP contribution >= 0.6 is 0 Å². The molecule has 17 aromatic rings. The van der Waals surface area contributed by atoms with E-state index in [0.717, 1.165) is 165 Å². The Kier molecular flexibility index (Phi) is 11.2. The number of fused-ring (bicyclic) bond motifs is 15. The minimum absolute atomic E-state index is 0.812. The Bertz CT molecular complexity index is 5180. The molecule has 85 heavy (non-hydrogen) atoms. The lowest BCUT2D eigenvalue weighted by molar-refractivity contribution is 0.669. The second-order valence-electron chi connectivity index (χ2n) is 22.1. The van der Waals surface area contributed by atoms with Gasteiger partial charge in [-0.2, -0.15) is 0 Å². The molecule has 0 bridgehead atoms. The van der Waals surface area contributed by atoms with Crippen LogP contribution in [0.1, 0.15) is 0 Å². The van der Waals surface area contributed by atoms with E-state index in [1.165, 1.54) is 11.1 Å². The van der Waals surface area contributed by atoms with Crippen LogP contribution < -0.4 is 0 Å². The number of hydrogen-bond acceptors (Lipinski definition) is 5. The van der Waals surface area contributed by atoms with Gasteiger partial charge < -0.3 is 4.42 Å². The van der Waals surface area contributed by atoms with Gasteiger partial charge in [0.2, 0.25) is 0 Å². The zero-order valence-electron chi connectivity index (χ0n) is 45.9. The van der Waals surface area contributed by atoms with Gasteiger partial charge in [0.25, 0.3) is 0 Å². The second-order valence-corrected chi connectivity index (χ2v) is 22.1. The molecule has 3 heterocycles. The Labute approximate surface area is 489 Å². The van der Waals surface area contributed by atoms with E-state index in [0.29, 0.717) is 0 Å². The predicted octanol–water partition coefficient (Wildman–Crippen LogP) is 21.4. The minimum atomic E-state index is 0.812. The second kappa shape index (κ2) is 19.7. The molecule has 14 aromatic carbocycles. The van der Waals surface area contributed by atoms with Crippen LogP contribution in [0.4, 0.5) is 0 Å². The molecule has 3 aromatic heterocycles. The van der Waals surface area contributed by atoms with E-state index < -0.39 is 0 Å². The first-order valence-corrected chi connectivity index (χ1v) is 28.8.